The molecule has 0 unspecified atom stereocenters. The van der Waals surface area contributed by atoms with Crippen molar-refractivity contribution in [2.45, 2.75) is 13.5 Å². The largest absolute Gasteiger partial charge is 0.456 e. The number of esters is 1. The van der Waals surface area contributed by atoms with Crippen LogP contribution in [-0.2, 0) is 16.1 Å². The van der Waals surface area contributed by atoms with Crippen molar-refractivity contribution in [3.8, 4) is 0 Å². The van der Waals surface area contributed by atoms with Gasteiger partial charge in [-0.25, -0.2) is 14.2 Å². The fraction of sp³-hybridized carbons (Fsp3) is 0.0833. The number of nitrogens with zero attached hydrogens (tertiary/aromatic N) is 2. The van der Waals surface area contributed by atoms with Crippen LogP contribution in [0, 0.1) is 5.82 Å². The highest BCUT2D eigenvalue weighted by Gasteiger charge is 2.22. The molecule has 0 radical (unpaired) electrons. The Bertz CT molecular complexity index is 1320. The second-order valence-electron chi connectivity index (χ2n) is 6.86. The maximum atomic E-state index is 14.2. The Morgan fingerprint density at radius 2 is 1.70 bits per heavy atom. The lowest BCUT2D eigenvalue weighted by Crippen LogP contribution is -2.23. The summed E-state index contributed by atoms with van der Waals surface area (Å²) < 4.78 is 19.6. The fourth-order valence-corrected chi connectivity index (χ4v) is 4.66. The second kappa shape index (κ2) is 9.85. The van der Waals surface area contributed by atoms with Gasteiger partial charge in [-0.2, -0.15) is 0 Å². The van der Waals surface area contributed by atoms with E-state index in [0.29, 0.717) is 10.6 Å². The highest BCUT2D eigenvalue weighted by Crippen LogP contribution is 2.31. The smallest absolute Gasteiger partial charge is 0.339 e. The highest BCUT2D eigenvalue weighted by atomic mass is 32.1. The van der Waals surface area contributed by atoms with Gasteiger partial charge in [0.05, 0.1) is 21.8 Å². The van der Waals surface area contributed by atoms with Crippen LogP contribution in [0.2, 0.25) is 0 Å². The van der Waals surface area contributed by atoms with Crippen molar-refractivity contribution in [3.63, 3.8) is 0 Å². The molecule has 0 fully saturated rings. The molecule has 2 aromatic heterocycles. The van der Waals surface area contributed by atoms with E-state index in [1.807, 2.05) is 0 Å². The van der Waals surface area contributed by atoms with E-state index in [9.17, 15) is 18.8 Å². The van der Waals surface area contributed by atoms with Gasteiger partial charge in [-0.3, -0.25) is 14.5 Å². The monoisotopic (exact) mass is 480 g/mol. The van der Waals surface area contributed by atoms with Crippen molar-refractivity contribution >= 4 is 51.2 Å². The number of anilines is 2. The van der Waals surface area contributed by atoms with E-state index in [0.717, 1.165) is 11.3 Å². The number of benzene rings is 2. The Balaban J connectivity index is 1.50. The van der Waals surface area contributed by atoms with Crippen LogP contribution in [0.5, 0.6) is 0 Å². The van der Waals surface area contributed by atoms with E-state index >= 15 is 0 Å². The zero-order chi connectivity index (χ0) is 23.4. The van der Waals surface area contributed by atoms with Gasteiger partial charge in [-0.15, -0.1) is 22.7 Å². The average Bonchev–Trinajstić information content (AvgIpc) is 3.51. The summed E-state index contributed by atoms with van der Waals surface area (Å²) >= 11 is 2.42. The number of carbonyl (C=O) groups excluding carboxylic acids is 3. The molecular weight excluding hydrogens is 463 g/mol. The Kier molecular flexibility index (Phi) is 6.71. The van der Waals surface area contributed by atoms with Crippen LogP contribution >= 0.6 is 22.7 Å². The first-order chi connectivity index (χ1) is 16.0. The first kappa shape index (κ1) is 22.5. The lowest BCUT2D eigenvalue weighted by Gasteiger charge is -2.18. The average molecular weight is 481 g/mol. The Morgan fingerprint density at radius 1 is 0.970 bits per heavy atom. The quantitative estimate of drug-likeness (QED) is 0.254. The van der Waals surface area contributed by atoms with E-state index in [4.69, 9.17) is 4.74 Å². The van der Waals surface area contributed by atoms with Crippen molar-refractivity contribution in [3.05, 3.63) is 98.9 Å². The minimum Gasteiger partial charge on any atom is -0.456 e. The molecule has 2 heterocycles. The van der Waals surface area contributed by atoms with E-state index in [-0.39, 0.29) is 34.3 Å². The summed E-state index contributed by atoms with van der Waals surface area (Å²) in [7, 11) is 0. The minimum atomic E-state index is -0.664. The van der Waals surface area contributed by atoms with Gasteiger partial charge in [0.15, 0.2) is 5.13 Å². The first-order valence-electron chi connectivity index (χ1n) is 9.79. The number of ether oxygens (including phenoxy) is 1. The lowest BCUT2D eigenvalue weighted by atomic mass is 10.0. The summed E-state index contributed by atoms with van der Waals surface area (Å²) in [6, 6.07) is 15.8. The fourth-order valence-electron chi connectivity index (χ4n) is 3.12. The highest BCUT2D eigenvalue weighted by molar-refractivity contribution is 7.14. The first-order valence-corrected chi connectivity index (χ1v) is 11.6. The molecular formula is C24H17FN2O4S2. The summed E-state index contributed by atoms with van der Waals surface area (Å²) in [5, 5.41) is 3.67. The Hall–Kier alpha value is -3.69. The molecule has 1 amide bonds. The van der Waals surface area contributed by atoms with E-state index < -0.39 is 17.7 Å². The number of para-hydroxylation sites is 1. The predicted octanol–water partition coefficient (Wildman–Crippen LogP) is 5.62. The molecule has 6 nitrogen and oxygen atoms in total. The number of carbonyl (C=O) groups is 3. The molecule has 2 aromatic carbocycles. The van der Waals surface area contributed by atoms with Gasteiger partial charge < -0.3 is 4.74 Å². The molecule has 0 saturated heterocycles. The molecule has 9 heteroatoms. The molecule has 0 aliphatic rings. The number of ketones is 1. The number of thiophene rings is 1. The number of aromatic nitrogens is 1. The van der Waals surface area contributed by atoms with Crippen molar-refractivity contribution in [2.24, 2.45) is 0 Å². The van der Waals surface area contributed by atoms with Crippen LogP contribution in [0.25, 0.3) is 0 Å². The van der Waals surface area contributed by atoms with Gasteiger partial charge >= 0.3 is 5.97 Å². The van der Waals surface area contributed by atoms with Gasteiger partial charge in [-0.1, -0.05) is 36.4 Å². The third-order valence-electron chi connectivity index (χ3n) is 4.63. The number of halogens is 1. The Morgan fingerprint density at radius 3 is 2.39 bits per heavy atom. The van der Waals surface area contributed by atoms with Gasteiger partial charge in [0.2, 0.25) is 11.7 Å². The summed E-state index contributed by atoms with van der Waals surface area (Å²) in [6.07, 6.45) is 0. The molecule has 0 N–H and O–H groups in total. The molecule has 0 aliphatic heterocycles. The number of hydrogen-bond donors (Lipinski definition) is 0. The van der Waals surface area contributed by atoms with E-state index in [1.54, 1.807) is 47.2 Å². The minimum absolute atomic E-state index is 0.0870. The SMILES string of the molecule is CC(=O)N(c1nc(COC(=O)c2ccccc2C(=O)c2cccs2)cs1)c1ccccc1F. The molecule has 0 atom stereocenters. The third-order valence-corrected chi connectivity index (χ3v) is 6.37. The topological polar surface area (TPSA) is 76.6 Å². The second-order valence-corrected chi connectivity index (χ2v) is 8.64. The van der Waals surface area contributed by atoms with Crippen molar-refractivity contribution < 1.29 is 23.5 Å². The maximum absolute atomic E-state index is 14.2. The number of rotatable bonds is 7. The molecule has 0 spiro atoms. The van der Waals surface area contributed by atoms with Crippen LogP contribution in [0.3, 0.4) is 0 Å². The zero-order valence-electron chi connectivity index (χ0n) is 17.4. The summed E-state index contributed by atoms with van der Waals surface area (Å²) in [5.41, 5.74) is 0.895. The summed E-state index contributed by atoms with van der Waals surface area (Å²) in [6.45, 7) is 1.15. The van der Waals surface area contributed by atoms with Crippen LogP contribution in [0.1, 0.15) is 38.2 Å². The van der Waals surface area contributed by atoms with Crippen LogP contribution in [-0.4, -0.2) is 22.6 Å². The van der Waals surface area contributed by atoms with Gasteiger partial charge in [0.25, 0.3) is 0 Å². The molecule has 4 aromatic rings. The zero-order valence-corrected chi connectivity index (χ0v) is 19.0. The molecule has 166 valence electrons. The lowest BCUT2D eigenvalue weighted by molar-refractivity contribution is -0.115. The molecule has 4 rings (SSSR count). The van der Waals surface area contributed by atoms with E-state index in [2.05, 4.69) is 4.98 Å². The van der Waals surface area contributed by atoms with Crippen molar-refractivity contribution in [2.75, 3.05) is 4.90 Å². The summed E-state index contributed by atoms with van der Waals surface area (Å²) in [5.74, 6) is -1.88. The van der Waals surface area contributed by atoms with Crippen molar-refractivity contribution in [1.29, 1.82) is 0 Å². The van der Waals surface area contributed by atoms with Gasteiger partial charge in [-0.05, 0) is 29.6 Å². The number of amides is 1. The van der Waals surface area contributed by atoms with Crippen LogP contribution in [0.15, 0.2) is 71.4 Å². The third kappa shape index (κ3) is 4.89. The normalized spacial score (nSPS) is 10.6. The summed E-state index contributed by atoms with van der Waals surface area (Å²) in [4.78, 5) is 43.6. The number of hydrogen-bond acceptors (Lipinski definition) is 7. The molecule has 0 saturated carbocycles. The molecule has 0 bridgehead atoms. The number of thiazole rings is 1. The molecule has 33 heavy (non-hydrogen) atoms. The van der Waals surface area contributed by atoms with Crippen LogP contribution < -0.4 is 4.90 Å². The van der Waals surface area contributed by atoms with Gasteiger partial charge in [0, 0.05) is 17.9 Å². The standard InChI is InChI=1S/C24H17FN2O4S2/c1-15(28)27(20-10-5-4-9-19(20)25)24-26-16(14-33-24)13-31-23(30)18-8-3-2-7-17(18)22(29)21-11-6-12-32-21/h2-12,14H,13H2,1H3. The maximum Gasteiger partial charge on any atom is 0.339 e. The van der Waals surface area contributed by atoms with E-state index in [1.165, 1.54) is 47.4 Å². The van der Waals surface area contributed by atoms with Crippen molar-refractivity contribution in [1.82, 2.24) is 4.98 Å². The molecule has 0 aliphatic carbocycles. The van der Waals surface area contributed by atoms with Crippen LogP contribution in [0.4, 0.5) is 15.2 Å². The Labute approximate surface area is 196 Å². The van der Waals surface area contributed by atoms with Gasteiger partial charge in [0.1, 0.15) is 12.4 Å². The predicted molar refractivity (Wildman–Crippen MR) is 125 cm³/mol.